The molecule has 0 unspecified atom stereocenters. The highest BCUT2D eigenvalue weighted by Gasteiger charge is 2.28. The average Bonchev–Trinajstić information content (AvgIpc) is 2.92. The zero-order valence-corrected chi connectivity index (χ0v) is 25.1. The molecular formula is C33H39N3O6. The molecule has 4 rings (SSSR count). The van der Waals surface area contributed by atoms with Crippen molar-refractivity contribution in [3.8, 4) is 16.9 Å². The van der Waals surface area contributed by atoms with Crippen LogP contribution in [0.2, 0.25) is 0 Å². The fourth-order valence-corrected chi connectivity index (χ4v) is 4.42. The molecule has 0 bridgehead atoms. The molecule has 9 heteroatoms. The van der Waals surface area contributed by atoms with Crippen molar-refractivity contribution in [1.29, 1.82) is 0 Å². The van der Waals surface area contributed by atoms with Gasteiger partial charge in [-0.1, -0.05) is 30.3 Å². The molecule has 0 saturated carbocycles. The second-order valence-electron chi connectivity index (χ2n) is 12.3. The first-order valence-electron chi connectivity index (χ1n) is 14.1. The minimum absolute atomic E-state index is 0.0997. The molecule has 0 atom stereocenters. The quantitative estimate of drug-likeness (QED) is 0.326. The van der Waals surface area contributed by atoms with E-state index in [1.54, 1.807) is 35.4 Å². The highest BCUT2D eigenvalue weighted by Crippen LogP contribution is 2.29. The number of rotatable bonds is 6. The zero-order valence-electron chi connectivity index (χ0n) is 25.1. The second-order valence-corrected chi connectivity index (χ2v) is 12.3. The van der Waals surface area contributed by atoms with Crippen LogP contribution < -0.4 is 10.1 Å². The van der Waals surface area contributed by atoms with Crippen LogP contribution in [0.5, 0.6) is 5.75 Å². The van der Waals surface area contributed by atoms with Crippen LogP contribution in [-0.2, 0) is 9.47 Å². The molecule has 2 aromatic carbocycles. The summed E-state index contributed by atoms with van der Waals surface area (Å²) in [5.41, 5.74) is 1.46. The Kier molecular flexibility index (Phi) is 9.19. The maximum Gasteiger partial charge on any atom is 0.410 e. The minimum atomic E-state index is -0.600. The van der Waals surface area contributed by atoms with E-state index in [1.807, 2.05) is 77.9 Å². The smallest absolute Gasteiger partial charge is 0.410 e. The zero-order chi connectivity index (χ0) is 30.5. The SMILES string of the molecule is CC(C)(C)OC(=O)c1ccc(NC(=O)c2ncc(OC3CCN(C(=O)OC(C)(C)C)CC3)cc2-c2ccccc2)cc1. The summed E-state index contributed by atoms with van der Waals surface area (Å²) in [5, 5.41) is 2.87. The predicted octanol–water partition coefficient (Wildman–Crippen LogP) is 6.73. The number of pyridine rings is 1. The van der Waals surface area contributed by atoms with Gasteiger partial charge in [0.15, 0.2) is 0 Å². The number of carbonyl (C=O) groups is 3. The third-order valence-electron chi connectivity index (χ3n) is 6.34. The van der Waals surface area contributed by atoms with Gasteiger partial charge in [-0.25, -0.2) is 14.6 Å². The molecular weight excluding hydrogens is 534 g/mol. The van der Waals surface area contributed by atoms with Crippen molar-refractivity contribution in [2.75, 3.05) is 18.4 Å². The van der Waals surface area contributed by atoms with Gasteiger partial charge in [-0.3, -0.25) is 4.79 Å². The van der Waals surface area contributed by atoms with E-state index in [-0.39, 0.29) is 17.9 Å². The van der Waals surface area contributed by atoms with E-state index in [4.69, 9.17) is 14.2 Å². The highest BCUT2D eigenvalue weighted by atomic mass is 16.6. The lowest BCUT2D eigenvalue weighted by molar-refractivity contribution is 0.00670. The van der Waals surface area contributed by atoms with Gasteiger partial charge in [-0.2, -0.15) is 0 Å². The number of ether oxygens (including phenoxy) is 3. The van der Waals surface area contributed by atoms with Crippen molar-refractivity contribution < 1.29 is 28.6 Å². The molecule has 3 aromatic rings. The number of likely N-dealkylation sites (tertiary alicyclic amines) is 1. The summed E-state index contributed by atoms with van der Waals surface area (Å²) in [7, 11) is 0. The molecule has 9 nitrogen and oxygen atoms in total. The standard InChI is InChI=1S/C33H39N3O6/c1-32(2,3)41-30(38)23-12-14-24(15-13-23)35-29(37)28-27(22-10-8-7-9-11-22)20-26(21-34-28)40-25-16-18-36(19-17-25)31(39)42-33(4,5)6/h7-15,20-21,25H,16-19H2,1-6H3,(H,35,37). The van der Waals surface area contributed by atoms with Crippen molar-refractivity contribution in [2.24, 2.45) is 0 Å². The van der Waals surface area contributed by atoms with Crippen molar-refractivity contribution >= 4 is 23.7 Å². The average molecular weight is 574 g/mol. The lowest BCUT2D eigenvalue weighted by atomic mass is 10.0. The Morgan fingerprint density at radius 1 is 0.857 bits per heavy atom. The van der Waals surface area contributed by atoms with Crippen LogP contribution in [-0.4, -0.2) is 58.2 Å². The second kappa shape index (κ2) is 12.6. The summed E-state index contributed by atoms with van der Waals surface area (Å²) in [6.45, 7) is 12.0. The van der Waals surface area contributed by atoms with Crippen LogP contribution in [0.25, 0.3) is 11.1 Å². The summed E-state index contributed by atoms with van der Waals surface area (Å²) < 4.78 is 17.1. The maximum atomic E-state index is 13.4. The van der Waals surface area contributed by atoms with E-state index in [1.165, 1.54) is 0 Å². The van der Waals surface area contributed by atoms with E-state index in [0.717, 1.165) is 5.56 Å². The Balaban J connectivity index is 1.46. The first kappa shape index (κ1) is 30.6. The molecule has 1 aliphatic heterocycles. The molecule has 2 amide bonds. The summed E-state index contributed by atoms with van der Waals surface area (Å²) in [6.07, 6.45) is 2.44. The van der Waals surface area contributed by atoms with Crippen LogP contribution in [0.3, 0.4) is 0 Å². The Bertz CT molecular complexity index is 1400. The van der Waals surface area contributed by atoms with Crippen LogP contribution in [0.4, 0.5) is 10.5 Å². The maximum absolute atomic E-state index is 13.4. The molecule has 42 heavy (non-hydrogen) atoms. The lowest BCUT2D eigenvalue weighted by Gasteiger charge is -2.33. The van der Waals surface area contributed by atoms with Crippen molar-refractivity contribution in [3.05, 3.63) is 78.1 Å². The molecule has 1 fully saturated rings. The van der Waals surface area contributed by atoms with Gasteiger partial charge in [0.25, 0.3) is 5.91 Å². The number of hydrogen-bond acceptors (Lipinski definition) is 7. The summed E-state index contributed by atoms with van der Waals surface area (Å²) >= 11 is 0. The molecule has 1 N–H and O–H groups in total. The number of hydrogen-bond donors (Lipinski definition) is 1. The van der Waals surface area contributed by atoms with E-state index in [0.29, 0.717) is 48.5 Å². The number of nitrogens with zero attached hydrogens (tertiary/aromatic N) is 2. The molecule has 222 valence electrons. The van der Waals surface area contributed by atoms with Gasteiger partial charge < -0.3 is 24.4 Å². The van der Waals surface area contributed by atoms with E-state index in [2.05, 4.69) is 10.3 Å². The van der Waals surface area contributed by atoms with E-state index < -0.39 is 23.1 Å². The number of benzene rings is 2. The first-order chi connectivity index (χ1) is 19.8. The van der Waals surface area contributed by atoms with Crippen LogP contribution in [0, 0.1) is 0 Å². The Hall–Kier alpha value is -4.40. The topological polar surface area (TPSA) is 107 Å². The summed E-state index contributed by atoms with van der Waals surface area (Å²) in [5.74, 6) is -0.279. The van der Waals surface area contributed by atoms with Crippen molar-refractivity contribution in [1.82, 2.24) is 9.88 Å². The number of nitrogens with one attached hydrogen (secondary N) is 1. The summed E-state index contributed by atoms with van der Waals surface area (Å²) in [6, 6.07) is 17.9. The van der Waals surface area contributed by atoms with Gasteiger partial charge >= 0.3 is 12.1 Å². The van der Waals surface area contributed by atoms with E-state index >= 15 is 0 Å². The van der Waals surface area contributed by atoms with Crippen molar-refractivity contribution in [2.45, 2.75) is 71.7 Å². The number of anilines is 1. The van der Waals surface area contributed by atoms with Crippen LogP contribution >= 0.6 is 0 Å². The monoisotopic (exact) mass is 573 g/mol. The molecule has 1 aliphatic rings. The number of piperidine rings is 1. The molecule has 0 aliphatic carbocycles. The third kappa shape index (κ3) is 8.55. The largest absolute Gasteiger partial charge is 0.489 e. The Morgan fingerprint density at radius 3 is 2.07 bits per heavy atom. The Morgan fingerprint density at radius 2 is 1.48 bits per heavy atom. The summed E-state index contributed by atoms with van der Waals surface area (Å²) in [4.78, 5) is 44.3. The fraction of sp³-hybridized carbons (Fsp3) is 0.394. The molecule has 1 saturated heterocycles. The van der Waals surface area contributed by atoms with E-state index in [9.17, 15) is 14.4 Å². The van der Waals surface area contributed by atoms with Gasteiger partial charge in [-0.05, 0) is 77.4 Å². The molecule has 0 spiro atoms. The van der Waals surface area contributed by atoms with Crippen molar-refractivity contribution in [3.63, 3.8) is 0 Å². The van der Waals surface area contributed by atoms with Crippen LogP contribution in [0.15, 0.2) is 66.9 Å². The number of aromatic nitrogens is 1. The molecule has 0 radical (unpaired) electrons. The normalized spacial score (nSPS) is 14.2. The predicted molar refractivity (Wildman–Crippen MR) is 161 cm³/mol. The number of carbonyl (C=O) groups excluding carboxylic acids is 3. The van der Waals surface area contributed by atoms with Gasteiger partial charge in [0.2, 0.25) is 0 Å². The van der Waals surface area contributed by atoms with Crippen LogP contribution in [0.1, 0.15) is 75.2 Å². The molecule has 1 aromatic heterocycles. The van der Waals surface area contributed by atoms with Gasteiger partial charge in [-0.15, -0.1) is 0 Å². The molecule has 2 heterocycles. The third-order valence-corrected chi connectivity index (χ3v) is 6.34. The van der Waals surface area contributed by atoms with Gasteiger partial charge in [0, 0.05) is 37.2 Å². The lowest BCUT2D eigenvalue weighted by Crippen LogP contribution is -2.44. The number of esters is 1. The number of amides is 2. The van der Waals surface area contributed by atoms with Gasteiger partial charge in [0.1, 0.15) is 28.7 Å². The first-order valence-corrected chi connectivity index (χ1v) is 14.1. The fourth-order valence-electron chi connectivity index (χ4n) is 4.42. The minimum Gasteiger partial charge on any atom is -0.489 e. The Labute approximate surface area is 247 Å². The van der Waals surface area contributed by atoms with Gasteiger partial charge in [0.05, 0.1) is 11.8 Å². The highest BCUT2D eigenvalue weighted by molar-refractivity contribution is 6.07.